The molecule has 1 aliphatic heterocycles. The Kier molecular flexibility index (Phi) is 6.19. The van der Waals surface area contributed by atoms with E-state index in [0.29, 0.717) is 28.9 Å². The van der Waals surface area contributed by atoms with Gasteiger partial charge in [0.2, 0.25) is 0 Å². The SMILES string of the molecule is COc1cc([C@H]2C[C@H](F)CCN2C(=O)OC(C)(C)C)cc(OC)c1Br. The van der Waals surface area contributed by atoms with E-state index in [9.17, 15) is 9.18 Å². The molecule has 0 aliphatic carbocycles. The molecule has 25 heavy (non-hydrogen) atoms. The maximum Gasteiger partial charge on any atom is 0.410 e. The summed E-state index contributed by atoms with van der Waals surface area (Å²) in [5.74, 6) is 1.14. The topological polar surface area (TPSA) is 48.0 Å². The summed E-state index contributed by atoms with van der Waals surface area (Å²) in [4.78, 5) is 14.2. The second kappa shape index (κ2) is 7.81. The molecule has 1 amide bonds. The number of benzene rings is 1. The molecule has 0 aromatic heterocycles. The van der Waals surface area contributed by atoms with Crippen LogP contribution in [0.15, 0.2) is 16.6 Å². The van der Waals surface area contributed by atoms with Gasteiger partial charge < -0.3 is 19.1 Å². The third kappa shape index (κ3) is 4.77. The molecule has 2 rings (SSSR count). The van der Waals surface area contributed by atoms with Crippen molar-refractivity contribution in [2.75, 3.05) is 20.8 Å². The van der Waals surface area contributed by atoms with E-state index in [-0.39, 0.29) is 6.42 Å². The zero-order valence-corrected chi connectivity index (χ0v) is 16.9. The fraction of sp³-hybridized carbons (Fsp3) is 0.611. The monoisotopic (exact) mass is 417 g/mol. The van der Waals surface area contributed by atoms with Gasteiger partial charge in [-0.15, -0.1) is 0 Å². The minimum absolute atomic E-state index is 0.215. The van der Waals surface area contributed by atoms with Crippen LogP contribution in [-0.2, 0) is 4.74 Å². The summed E-state index contributed by atoms with van der Waals surface area (Å²) in [5.41, 5.74) is 0.147. The van der Waals surface area contributed by atoms with Gasteiger partial charge >= 0.3 is 6.09 Å². The lowest BCUT2D eigenvalue weighted by atomic mass is 9.94. The Morgan fingerprint density at radius 1 is 1.24 bits per heavy atom. The molecule has 0 saturated carbocycles. The number of ether oxygens (including phenoxy) is 3. The third-order valence-electron chi connectivity index (χ3n) is 4.02. The number of rotatable bonds is 3. The zero-order chi connectivity index (χ0) is 18.8. The molecule has 0 N–H and O–H groups in total. The minimum atomic E-state index is -0.968. The van der Waals surface area contributed by atoms with E-state index < -0.39 is 23.9 Å². The van der Waals surface area contributed by atoms with Gasteiger partial charge in [0.1, 0.15) is 27.7 Å². The fourth-order valence-electron chi connectivity index (χ4n) is 2.86. The Balaban J connectivity index is 2.39. The molecule has 140 valence electrons. The molecule has 0 radical (unpaired) electrons. The van der Waals surface area contributed by atoms with Crippen LogP contribution >= 0.6 is 15.9 Å². The summed E-state index contributed by atoms with van der Waals surface area (Å²) in [5, 5.41) is 0. The lowest BCUT2D eigenvalue weighted by Gasteiger charge is -2.38. The van der Waals surface area contributed by atoms with E-state index >= 15 is 0 Å². The summed E-state index contributed by atoms with van der Waals surface area (Å²) >= 11 is 3.43. The van der Waals surface area contributed by atoms with Gasteiger partial charge in [-0.25, -0.2) is 9.18 Å². The van der Waals surface area contributed by atoms with Crippen molar-refractivity contribution < 1.29 is 23.4 Å². The predicted molar refractivity (Wildman–Crippen MR) is 97.1 cm³/mol. The quantitative estimate of drug-likeness (QED) is 0.703. The number of amides is 1. The van der Waals surface area contributed by atoms with Crippen LogP contribution in [0, 0.1) is 0 Å². The van der Waals surface area contributed by atoms with Gasteiger partial charge in [-0.2, -0.15) is 0 Å². The van der Waals surface area contributed by atoms with Crippen molar-refractivity contribution in [3.05, 3.63) is 22.2 Å². The first-order valence-electron chi connectivity index (χ1n) is 8.21. The fourth-order valence-corrected chi connectivity index (χ4v) is 3.41. The second-order valence-corrected chi connectivity index (χ2v) is 7.84. The van der Waals surface area contributed by atoms with Crippen LogP contribution in [0.4, 0.5) is 9.18 Å². The molecule has 0 bridgehead atoms. The molecule has 1 aromatic rings. The first-order chi connectivity index (χ1) is 11.7. The average molecular weight is 418 g/mol. The first-order valence-corrected chi connectivity index (χ1v) is 9.00. The second-order valence-electron chi connectivity index (χ2n) is 7.05. The van der Waals surface area contributed by atoms with Gasteiger partial charge in [-0.1, -0.05) is 0 Å². The number of alkyl halides is 1. The van der Waals surface area contributed by atoms with Crippen molar-refractivity contribution >= 4 is 22.0 Å². The molecule has 0 unspecified atom stereocenters. The van der Waals surface area contributed by atoms with Crippen LogP contribution in [0.2, 0.25) is 0 Å². The number of piperidine rings is 1. The third-order valence-corrected chi connectivity index (χ3v) is 4.80. The van der Waals surface area contributed by atoms with Crippen molar-refractivity contribution in [3.63, 3.8) is 0 Å². The highest BCUT2D eigenvalue weighted by atomic mass is 79.9. The molecule has 0 spiro atoms. The Bertz CT molecular complexity index is 607. The molecular weight excluding hydrogens is 393 g/mol. The summed E-state index contributed by atoms with van der Waals surface area (Å²) < 4.78 is 31.0. The van der Waals surface area contributed by atoms with Gasteiger partial charge in [0.25, 0.3) is 0 Å². The Labute approximate surface area is 156 Å². The highest BCUT2D eigenvalue weighted by Crippen LogP contribution is 2.41. The number of carbonyl (C=O) groups is 1. The molecule has 1 saturated heterocycles. The highest BCUT2D eigenvalue weighted by Gasteiger charge is 2.36. The Hall–Kier alpha value is -1.50. The number of methoxy groups -OCH3 is 2. The van der Waals surface area contributed by atoms with Crippen molar-refractivity contribution in [2.45, 2.75) is 51.4 Å². The van der Waals surface area contributed by atoms with Crippen molar-refractivity contribution in [1.82, 2.24) is 4.90 Å². The van der Waals surface area contributed by atoms with E-state index in [4.69, 9.17) is 14.2 Å². The largest absolute Gasteiger partial charge is 0.495 e. The van der Waals surface area contributed by atoms with Crippen molar-refractivity contribution in [3.8, 4) is 11.5 Å². The number of hydrogen-bond acceptors (Lipinski definition) is 4. The van der Waals surface area contributed by atoms with Crippen LogP contribution in [-0.4, -0.2) is 43.5 Å². The normalized spacial score (nSPS) is 21.0. The number of likely N-dealkylation sites (tertiary alicyclic amines) is 1. The first kappa shape index (κ1) is 19.8. The molecule has 7 heteroatoms. The number of hydrogen-bond donors (Lipinski definition) is 0. The molecular formula is C18H25BrFNO4. The van der Waals surface area contributed by atoms with E-state index in [1.54, 1.807) is 31.3 Å². The number of halogens is 2. The minimum Gasteiger partial charge on any atom is -0.495 e. The van der Waals surface area contributed by atoms with Gasteiger partial charge in [0.05, 0.1) is 20.3 Å². The average Bonchev–Trinajstić information content (AvgIpc) is 2.53. The molecule has 1 fully saturated rings. The van der Waals surface area contributed by atoms with Gasteiger partial charge in [-0.05, 0) is 60.8 Å². The van der Waals surface area contributed by atoms with E-state index in [1.807, 2.05) is 20.8 Å². The Morgan fingerprint density at radius 3 is 2.28 bits per heavy atom. The van der Waals surface area contributed by atoms with E-state index in [0.717, 1.165) is 5.56 Å². The zero-order valence-electron chi connectivity index (χ0n) is 15.3. The Morgan fingerprint density at radius 2 is 1.80 bits per heavy atom. The van der Waals surface area contributed by atoms with Crippen LogP contribution in [0.25, 0.3) is 0 Å². The van der Waals surface area contributed by atoms with Crippen molar-refractivity contribution in [2.24, 2.45) is 0 Å². The lowest BCUT2D eigenvalue weighted by Crippen LogP contribution is -2.44. The summed E-state index contributed by atoms with van der Waals surface area (Å²) in [6, 6.07) is 3.16. The van der Waals surface area contributed by atoms with Crippen LogP contribution < -0.4 is 9.47 Å². The summed E-state index contributed by atoms with van der Waals surface area (Å²) in [6.45, 7) is 5.75. The maximum absolute atomic E-state index is 14.1. The van der Waals surface area contributed by atoms with Crippen LogP contribution in [0.5, 0.6) is 11.5 Å². The predicted octanol–water partition coefficient (Wildman–Crippen LogP) is 4.88. The van der Waals surface area contributed by atoms with Gasteiger partial charge in [0, 0.05) is 13.0 Å². The molecule has 1 aromatic carbocycles. The highest BCUT2D eigenvalue weighted by molar-refractivity contribution is 9.10. The summed E-state index contributed by atoms with van der Waals surface area (Å²) in [7, 11) is 3.10. The molecule has 5 nitrogen and oxygen atoms in total. The molecule has 1 aliphatic rings. The summed E-state index contributed by atoms with van der Waals surface area (Å²) in [6.07, 6.45) is -0.886. The van der Waals surface area contributed by atoms with Crippen molar-refractivity contribution in [1.29, 1.82) is 0 Å². The van der Waals surface area contributed by atoms with Gasteiger partial charge in [0.15, 0.2) is 0 Å². The smallest absolute Gasteiger partial charge is 0.410 e. The van der Waals surface area contributed by atoms with Gasteiger partial charge in [-0.3, -0.25) is 0 Å². The van der Waals surface area contributed by atoms with E-state index in [1.165, 1.54) is 0 Å². The number of nitrogens with zero attached hydrogens (tertiary/aromatic N) is 1. The van der Waals surface area contributed by atoms with E-state index in [2.05, 4.69) is 15.9 Å². The molecule has 1 heterocycles. The van der Waals surface area contributed by atoms with Crippen LogP contribution in [0.3, 0.4) is 0 Å². The molecule has 2 atom stereocenters. The lowest BCUT2D eigenvalue weighted by molar-refractivity contribution is 0.00158. The maximum atomic E-state index is 14.1. The van der Waals surface area contributed by atoms with Crippen LogP contribution in [0.1, 0.15) is 45.2 Å². The number of carbonyl (C=O) groups excluding carboxylic acids is 1. The standard InChI is InChI=1S/C18H25BrFNO4/c1-18(2,3)25-17(22)21-7-6-12(20)10-13(21)11-8-14(23-4)16(19)15(9-11)24-5/h8-9,12-13H,6-7,10H2,1-5H3/t12-,13-/m1/s1.